The lowest BCUT2D eigenvalue weighted by atomic mass is 9.81. The summed E-state index contributed by atoms with van der Waals surface area (Å²) in [5.74, 6) is 1.03. The number of ether oxygens (including phenoxy) is 1. The molecule has 2 heterocycles. The molecule has 0 N–H and O–H groups in total. The van der Waals surface area contributed by atoms with E-state index in [0.717, 1.165) is 30.6 Å². The van der Waals surface area contributed by atoms with Gasteiger partial charge in [-0.2, -0.15) is 0 Å². The minimum atomic E-state index is -0.778. The lowest BCUT2D eigenvalue weighted by Gasteiger charge is -2.25. The maximum atomic E-state index is 12.4. The number of carbonyl (C=O) groups excluding carboxylic acids is 3. The van der Waals surface area contributed by atoms with Crippen LogP contribution in [0.15, 0.2) is 11.3 Å². The summed E-state index contributed by atoms with van der Waals surface area (Å²) in [6, 6.07) is 0. The molecule has 232 valence electrons. The molecule has 40 heavy (non-hydrogen) atoms. The molecule has 2 rings (SSSR count). The van der Waals surface area contributed by atoms with Crippen LogP contribution in [-0.4, -0.2) is 32.6 Å². The van der Waals surface area contributed by atoms with Crippen molar-refractivity contribution in [3.8, 4) is 0 Å². The smallest absolute Gasteiger partial charge is 0.219 e. The van der Waals surface area contributed by atoms with Crippen molar-refractivity contribution in [1.82, 2.24) is 0 Å². The van der Waals surface area contributed by atoms with E-state index in [-0.39, 0.29) is 20.8 Å². The summed E-state index contributed by atoms with van der Waals surface area (Å²) < 4.78 is 4.87. The molecule has 0 amide bonds. The average Bonchev–Trinajstić information content (AvgIpc) is 3.22. The number of rotatable bonds is 19. The summed E-state index contributed by atoms with van der Waals surface area (Å²) in [5.41, 5.74) is 0.0269. The maximum Gasteiger partial charge on any atom is 0.219 e. The SMILES string of the molecule is CCCCCCCCCC[C@@]1(C)SC(=O)C(C)(C)C1=O.CCCCCCCCCC[C@]1(C)SC(=O)C(C)=C1OC. The molecule has 4 nitrogen and oxygen atoms in total. The topological polar surface area (TPSA) is 60.4 Å². The molecule has 1 saturated heterocycles. The quantitative estimate of drug-likeness (QED) is 0.109. The second-order valence-electron chi connectivity index (χ2n) is 12.8. The minimum absolute atomic E-state index is 0.0459. The van der Waals surface area contributed by atoms with Crippen LogP contribution in [-0.2, 0) is 19.1 Å². The first-order valence-electron chi connectivity index (χ1n) is 16.2. The second kappa shape index (κ2) is 18.7. The van der Waals surface area contributed by atoms with E-state index in [1.165, 1.54) is 120 Å². The Hall–Kier alpha value is -0.750. The molecular weight excluding hydrogens is 537 g/mol. The highest BCUT2D eigenvalue weighted by Gasteiger charge is 2.55. The molecule has 0 radical (unpaired) electrons. The van der Waals surface area contributed by atoms with Crippen molar-refractivity contribution < 1.29 is 19.1 Å². The maximum absolute atomic E-state index is 12.4. The monoisotopic (exact) mass is 596 g/mol. The Morgan fingerprint density at radius 3 is 1.38 bits per heavy atom. The van der Waals surface area contributed by atoms with Crippen LogP contribution < -0.4 is 0 Å². The van der Waals surface area contributed by atoms with E-state index in [1.807, 2.05) is 13.8 Å². The van der Waals surface area contributed by atoms with Crippen molar-refractivity contribution in [2.24, 2.45) is 5.41 Å². The van der Waals surface area contributed by atoms with Crippen molar-refractivity contribution >= 4 is 39.5 Å². The molecular formula is C34H60O4S2. The molecule has 2 aliphatic heterocycles. The van der Waals surface area contributed by atoms with Gasteiger partial charge in [-0.15, -0.1) is 0 Å². The summed E-state index contributed by atoms with van der Waals surface area (Å²) in [5, 5.41) is 0.230. The van der Waals surface area contributed by atoms with E-state index in [2.05, 4.69) is 20.8 Å². The van der Waals surface area contributed by atoms with Crippen LogP contribution in [0.3, 0.4) is 0 Å². The summed E-state index contributed by atoms with van der Waals surface area (Å²) in [7, 11) is 1.68. The summed E-state index contributed by atoms with van der Waals surface area (Å²) >= 11 is 2.71. The third kappa shape index (κ3) is 11.5. The van der Waals surface area contributed by atoms with Gasteiger partial charge in [0.25, 0.3) is 0 Å². The average molecular weight is 597 g/mol. The van der Waals surface area contributed by atoms with Gasteiger partial charge in [0, 0.05) is 5.57 Å². The third-order valence-electron chi connectivity index (χ3n) is 8.54. The van der Waals surface area contributed by atoms with Crippen molar-refractivity contribution in [2.45, 2.75) is 174 Å². The van der Waals surface area contributed by atoms with Crippen LogP contribution in [0, 0.1) is 5.41 Å². The summed E-state index contributed by atoms with van der Waals surface area (Å²) in [6.45, 7) is 14.0. The number of hydrogen-bond donors (Lipinski definition) is 0. The van der Waals surface area contributed by atoms with Crippen LogP contribution >= 0.6 is 23.5 Å². The van der Waals surface area contributed by atoms with Gasteiger partial charge in [-0.25, -0.2) is 0 Å². The van der Waals surface area contributed by atoms with Gasteiger partial charge < -0.3 is 4.74 Å². The van der Waals surface area contributed by atoms with Gasteiger partial charge in [0.1, 0.15) is 5.76 Å². The Morgan fingerprint density at radius 2 is 1.00 bits per heavy atom. The van der Waals surface area contributed by atoms with Crippen LogP contribution in [0.4, 0.5) is 0 Å². The van der Waals surface area contributed by atoms with E-state index < -0.39 is 10.2 Å². The zero-order valence-electron chi connectivity index (χ0n) is 27.2. The second-order valence-corrected chi connectivity index (χ2v) is 15.8. The Labute approximate surface area is 255 Å². The standard InChI is InChI=1S/2C17H30O2S/c1-5-6-7-8-9-10-11-12-13-17(4)14(18)16(2,3)15(19)20-17;1-5-6-7-8-9-10-11-12-13-17(3)15(19-4)14(2)16(18)20-17/h2*5-13H2,1-4H3/t2*17-/m10/s1. The molecule has 2 atom stereocenters. The highest BCUT2D eigenvalue weighted by Crippen LogP contribution is 2.49. The normalized spacial score (nSPS) is 24.1. The largest absolute Gasteiger partial charge is 0.499 e. The fourth-order valence-corrected chi connectivity index (χ4v) is 8.42. The van der Waals surface area contributed by atoms with Crippen molar-refractivity contribution in [1.29, 1.82) is 0 Å². The van der Waals surface area contributed by atoms with E-state index in [9.17, 15) is 14.4 Å². The molecule has 0 aromatic rings. The van der Waals surface area contributed by atoms with Gasteiger partial charge in [0.05, 0.1) is 22.0 Å². The van der Waals surface area contributed by atoms with Gasteiger partial charge in [0.2, 0.25) is 10.2 Å². The zero-order valence-corrected chi connectivity index (χ0v) is 28.8. The molecule has 0 aromatic carbocycles. The molecule has 0 saturated carbocycles. The molecule has 0 aliphatic carbocycles. The fourth-order valence-electron chi connectivity index (χ4n) is 5.84. The number of unbranched alkanes of at least 4 members (excludes halogenated alkanes) is 14. The number of thioether (sulfide) groups is 2. The number of hydrogen-bond acceptors (Lipinski definition) is 6. The Kier molecular flexibility index (Phi) is 17.4. The van der Waals surface area contributed by atoms with Crippen molar-refractivity contribution in [2.75, 3.05) is 7.11 Å². The van der Waals surface area contributed by atoms with E-state index in [4.69, 9.17) is 4.74 Å². The van der Waals surface area contributed by atoms with Gasteiger partial charge in [0.15, 0.2) is 5.78 Å². The lowest BCUT2D eigenvalue weighted by Crippen LogP contribution is -2.35. The van der Waals surface area contributed by atoms with Gasteiger partial charge in [-0.05, 0) is 47.5 Å². The molecule has 1 fully saturated rings. The third-order valence-corrected chi connectivity index (χ3v) is 11.4. The molecule has 6 heteroatoms. The van der Waals surface area contributed by atoms with Crippen LogP contribution in [0.1, 0.15) is 164 Å². The number of ketones is 1. The van der Waals surface area contributed by atoms with Crippen molar-refractivity contribution in [3.63, 3.8) is 0 Å². The summed E-state index contributed by atoms with van der Waals surface area (Å²) in [6.07, 6.45) is 22.6. The van der Waals surface area contributed by atoms with Gasteiger partial charge in [-0.1, -0.05) is 140 Å². The molecule has 0 aromatic heterocycles. The highest BCUT2D eigenvalue weighted by atomic mass is 32.2. The van der Waals surface area contributed by atoms with E-state index in [1.54, 1.807) is 21.0 Å². The number of carbonyl (C=O) groups is 3. The fraction of sp³-hybridized carbons (Fsp3) is 0.853. The van der Waals surface area contributed by atoms with Crippen LogP contribution in [0.2, 0.25) is 0 Å². The molecule has 0 bridgehead atoms. The number of Topliss-reactive ketones (excluding diaryl/α,β-unsaturated/α-hetero) is 1. The first-order chi connectivity index (χ1) is 18.9. The van der Waals surface area contributed by atoms with Gasteiger partial charge in [-0.3, -0.25) is 14.4 Å². The highest BCUT2D eigenvalue weighted by molar-refractivity contribution is 8.16. The number of methoxy groups -OCH3 is 1. The van der Waals surface area contributed by atoms with Crippen LogP contribution in [0.5, 0.6) is 0 Å². The van der Waals surface area contributed by atoms with E-state index >= 15 is 0 Å². The first kappa shape index (κ1) is 37.3. The Bertz CT molecular complexity index is 834. The summed E-state index contributed by atoms with van der Waals surface area (Å²) in [4.78, 5) is 36.1. The minimum Gasteiger partial charge on any atom is -0.499 e. The zero-order chi connectivity index (χ0) is 30.2. The van der Waals surface area contributed by atoms with Gasteiger partial charge >= 0.3 is 0 Å². The Morgan fingerprint density at radius 1 is 0.600 bits per heavy atom. The predicted molar refractivity (Wildman–Crippen MR) is 175 cm³/mol. The van der Waals surface area contributed by atoms with Crippen LogP contribution in [0.25, 0.3) is 0 Å². The van der Waals surface area contributed by atoms with Crippen molar-refractivity contribution in [3.05, 3.63) is 11.3 Å². The molecule has 0 spiro atoms. The van der Waals surface area contributed by atoms with E-state index in [0.29, 0.717) is 0 Å². The predicted octanol–water partition coefficient (Wildman–Crippen LogP) is 10.6. The lowest BCUT2D eigenvalue weighted by molar-refractivity contribution is -0.133. The molecule has 0 unspecified atom stereocenters. The molecule has 2 aliphatic rings. The first-order valence-corrected chi connectivity index (χ1v) is 17.8. The Balaban J connectivity index is 0.000000400.